The van der Waals surface area contributed by atoms with E-state index in [1.807, 2.05) is 30.3 Å². The summed E-state index contributed by atoms with van der Waals surface area (Å²) < 4.78 is 1.78. The van der Waals surface area contributed by atoms with Crippen molar-refractivity contribution in [2.75, 3.05) is 5.32 Å². The molecule has 2 aromatic heterocycles. The van der Waals surface area contributed by atoms with Crippen molar-refractivity contribution in [2.45, 2.75) is 18.9 Å². The van der Waals surface area contributed by atoms with Gasteiger partial charge in [0.05, 0.1) is 0 Å². The summed E-state index contributed by atoms with van der Waals surface area (Å²) in [7, 11) is 0. The van der Waals surface area contributed by atoms with Gasteiger partial charge < -0.3 is 5.32 Å². The van der Waals surface area contributed by atoms with Crippen molar-refractivity contribution < 1.29 is 0 Å². The lowest BCUT2D eigenvalue weighted by Gasteiger charge is -2.09. The van der Waals surface area contributed by atoms with E-state index in [0.717, 1.165) is 23.9 Å². The number of nitrogens with zero attached hydrogens (tertiary/aromatic N) is 3. The van der Waals surface area contributed by atoms with E-state index in [-0.39, 0.29) is 5.56 Å². The maximum absolute atomic E-state index is 12.1. The number of benzene rings is 1. The van der Waals surface area contributed by atoms with Gasteiger partial charge in [0.15, 0.2) is 0 Å². The zero-order valence-electron chi connectivity index (χ0n) is 11.4. The molecule has 1 aliphatic rings. The monoisotopic (exact) mass is 278 g/mol. The number of hydrogen-bond acceptors (Lipinski definition) is 4. The normalized spacial score (nSPS) is 14.3. The second-order valence-electron chi connectivity index (χ2n) is 5.24. The molecule has 0 unspecified atom stereocenters. The number of aromatic nitrogens is 3. The Morgan fingerprint density at radius 1 is 1.10 bits per heavy atom. The first-order valence-corrected chi connectivity index (χ1v) is 7.02. The standard InChI is InChI=1S/C16H14N4O/c21-14-9-6-11-10-17-16(18-12-4-2-1-3-5-12)19-15(11)20(14)13-7-8-13/h1-6,9-10,13H,7-8H2,(H,17,18,19). The summed E-state index contributed by atoms with van der Waals surface area (Å²) in [4.78, 5) is 20.9. The topological polar surface area (TPSA) is 59.8 Å². The van der Waals surface area contributed by atoms with Gasteiger partial charge in [0, 0.05) is 29.4 Å². The van der Waals surface area contributed by atoms with Crippen LogP contribution >= 0.6 is 0 Å². The number of para-hydroxylation sites is 1. The molecule has 21 heavy (non-hydrogen) atoms. The molecule has 1 N–H and O–H groups in total. The predicted molar refractivity (Wildman–Crippen MR) is 81.8 cm³/mol. The zero-order valence-corrected chi connectivity index (χ0v) is 11.4. The predicted octanol–water partition coefficient (Wildman–Crippen LogP) is 2.87. The number of pyridine rings is 1. The lowest BCUT2D eigenvalue weighted by Crippen LogP contribution is -2.19. The molecule has 104 valence electrons. The summed E-state index contributed by atoms with van der Waals surface area (Å²) in [6.07, 6.45) is 3.85. The van der Waals surface area contributed by atoms with Crippen LogP contribution in [0.15, 0.2) is 53.5 Å². The first-order chi connectivity index (χ1) is 10.3. The fraction of sp³-hybridized carbons (Fsp3) is 0.188. The van der Waals surface area contributed by atoms with E-state index in [1.165, 1.54) is 0 Å². The average molecular weight is 278 g/mol. The van der Waals surface area contributed by atoms with Gasteiger partial charge in [0.1, 0.15) is 5.65 Å². The Morgan fingerprint density at radius 2 is 1.90 bits per heavy atom. The van der Waals surface area contributed by atoms with Gasteiger partial charge >= 0.3 is 0 Å². The molecule has 3 aromatic rings. The molecule has 0 aliphatic heterocycles. The molecule has 4 rings (SSSR count). The lowest BCUT2D eigenvalue weighted by molar-refractivity contribution is 0.729. The third kappa shape index (κ3) is 2.27. The smallest absolute Gasteiger partial charge is 0.252 e. The highest BCUT2D eigenvalue weighted by Gasteiger charge is 2.26. The van der Waals surface area contributed by atoms with Gasteiger partial charge in [-0.25, -0.2) is 4.98 Å². The Balaban J connectivity index is 1.81. The Morgan fingerprint density at radius 3 is 2.67 bits per heavy atom. The molecule has 1 aliphatic carbocycles. The Labute approximate surface area is 121 Å². The molecule has 0 atom stereocenters. The van der Waals surface area contributed by atoms with Crippen molar-refractivity contribution >= 4 is 22.7 Å². The van der Waals surface area contributed by atoms with Crippen molar-refractivity contribution in [1.82, 2.24) is 14.5 Å². The molecule has 0 bridgehead atoms. The van der Waals surface area contributed by atoms with Gasteiger partial charge in [-0.15, -0.1) is 0 Å². The van der Waals surface area contributed by atoms with E-state index in [9.17, 15) is 4.79 Å². The van der Waals surface area contributed by atoms with E-state index in [1.54, 1.807) is 22.9 Å². The molecule has 0 saturated heterocycles. The van der Waals surface area contributed by atoms with Gasteiger partial charge in [-0.2, -0.15) is 4.98 Å². The molecule has 0 amide bonds. The first-order valence-electron chi connectivity index (χ1n) is 7.02. The van der Waals surface area contributed by atoms with Crippen LogP contribution in [0.1, 0.15) is 18.9 Å². The average Bonchev–Trinajstić information content (AvgIpc) is 3.33. The summed E-state index contributed by atoms with van der Waals surface area (Å²) in [6.45, 7) is 0. The molecule has 1 aromatic carbocycles. The van der Waals surface area contributed by atoms with Crippen LogP contribution in [0.2, 0.25) is 0 Å². The molecule has 1 saturated carbocycles. The Hall–Kier alpha value is -2.69. The van der Waals surface area contributed by atoms with E-state index in [4.69, 9.17) is 0 Å². The third-order valence-corrected chi connectivity index (χ3v) is 3.61. The number of nitrogens with one attached hydrogen (secondary N) is 1. The molecule has 0 radical (unpaired) electrons. The minimum Gasteiger partial charge on any atom is -0.324 e. The van der Waals surface area contributed by atoms with Crippen molar-refractivity contribution in [2.24, 2.45) is 0 Å². The maximum atomic E-state index is 12.1. The summed E-state index contributed by atoms with van der Waals surface area (Å²) in [5.74, 6) is 0.508. The summed E-state index contributed by atoms with van der Waals surface area (Å²) >= 11 is 0. The maximum Gasteiger partial charge on any atom is 0.252 e. The van der Waals surface area contributed by atoms with Crippen LogP contribution < -0.4 is 10.9 Å². The van der Waals surface area contributed by atoms with Crippen molar-refractivity contribution in [1.29, 1.82) is 0 Å². The number of rotatable bonds is 3. The van der Waals surface area contributed by atoms with Crippen LogP contribution in [0.3, 0.4) is 0 Å². The van der Waals surface area contributed by atoms with Crippen LogP contribution in [0.5, 0.6) is 0 Å². The second kappa shape index (κ2) is 4.70. The fourth-order valence-electron chi connectivity index (χ4n) is 2.43. The van der Waals surface area contributed by atoms with Crippen LogP contribution in [-0.4, -0.2) is 14.5 Å². The first kappa shape index (κ1) is 12.1. The van der Waals surface area contributed by atoms with Gasteiger partial charge in [0.25, 0.3) is 5.56 Å². The molecule has 1 fully saturated rings. The van der Waals surface area contributed by atoms with Crippen LogP contribution in [0.25, 0.3) is 11.0 Å². The highest BCUT2D eigenvalue weighted by Crippen LogP contribution is 2.35. The molecule has 0 spiro atoms. The van der Waals surface area contributed by atoms with E-state index < -0.39 is 0 Å². The van der Waals surface area contributed by atoms with Gasteiger partial charge in [-0.3, -0.25) is 9.36 Å². The van der Waals surface area contributed by atoms with Crippen LogP contribution in [0, 0.1) is 0 Å². The summed E-state index contributed by atoms with van der Waals surface area (Å²) in [6, 6.07) is 13.4. The summed E-state index contributed by atoms with van der Waals surface area (Å²) in [5, 5.41) is 4.05. The SMILES string of the molecule is O=c1ccc2cnc(Nc3ccccc3)nc2n1C1CC1. The molecular formula is C16H14N4O. The summed E-state index contributed by atoms with van der Waals surface area (Å²) in [5.41, 5.74) is 1.64. The number of fused-ring (bicyclic) bond motifs is 1. The minimum absolute atomic E-state index is 0.00867. The van der Waals surface area contributed by atoms with Crippen molar-refractivity contribution in [3.8, 4) is 0 Å². The fourth-order valence-corrected chi connectivity index (χ4v) is 2.43. The number of anilines is 2. The van der Waals surface area contributed by atoms with E-state index in [0.29, 0.717) is 17.6 Å². The van der Waals surface area contributed by atoms with Gasteiger partial charge in [-0.1, -0.05) is 18.2 Å². The van der Waals surface area contributed by atoms with Crippen LogP contribution in [0.4, 0.5) is 11.6 Å². The minimum atomic E-state index is 0.00867. The molecule has 5 heteroatoms. The van der Waals surface area contributed by atoms with Gasteiger partial charge in [-0.05, 0) is 31.0 Å². The van der Waals surface area contributed by atoms with Crippen molar-refractivity contribution in [3.05, 3.63) is 59.0 Å². The Kier molecular flexibility index (Phi) is 2.70. The largest absolute Gasteiger partial charge is 0.324 e. The quantitative estimate of drug-likeness (QED) is 0.800. The zero-order chi connectivity index (χ0) is 14.2. The second-order valence-corrected chi connectivity index (χ2v) is 5.24. The van der Waals surface area contributed by atoms with E-state index >= 15 is 0 Å². The molecule has 2 heterocycles. The van der Waals surface area contributed by atoms with Gasteiger partial charge in [0.2, 0.25) is 5.95 Å². The van der Waals surface area contributed by atoms with Crippen molar-refractivity contribution in [3.63, 3.8) is 0 Å². The van der Waals surface area contributed by atoms with E-state index in [2.05, 4.69) is 15.3 Å². The molecular weight excluding hydrogens is 264 g/mol. The Bertz CT molecular complexity index is 853. The third-order valence-electron chi connectivity index (χ3n) is 3.61. The van der Waals surface area contributed by atoms with Crippen LogP contribution in [-0.2, 0) is 0 Å². The number of hydrogen-bond donors (Lipinski definition) is 1. The lowest BCUT2D eigenvalue weighted by atomic mass is 10.3. The highest BCUT2D eigenvalue weighted by atomic mass is 16.1. The highest BCUT2D eigenvalue weighted by molar-refractivity contribution is 5.75. The molecule has 5 nitrogen and oxygen atoms in total.